The van der Waals surface area contributed by atoms with E-state index in [0.29, 0.717) is 17.1 Å². The van der Waals surface area contributed by atoms with Gasteiger partial charge in [0.2, 0.25) is 0 Å². The molecule has 148 valence electrons. The van der Waals surface area contributed by atoms with Crippen molar-refractivity contribution in [3.8, 4) is 0 Å². The largest absolute Gasteiger partial charge is 0.481 e. The Bertz CT molecular complexity index is 869. The van der Waals surface area contributed by atoms with Crippen molar-refractivity contribution in [2.24, 2.45) is 0 Å². The molecule has 1 unspecified atom stereocenters. The van der Waals surface area contributed by atoms with Crippen LogP contribution in [0.3, 0.4) is 0 Å². The highest BCUT2D eigenvalue weighted by Crippen LogP contribution is 2.37. The normalized spacial score (nSPS) is 16.2. The van der Waals surface area contributed by atoms with E-state index in [1.807, 2.05) is 30.3 Å². The summed E-state index contributed by atoms with van der Waals surface area (Å²) in [6, 6.07) is 13.0. The topological polar surface area (TPSA) is 69.6 Å². The predicted octanol–water partition coefficient (Wildman–Crippen LogP) is 5.16. The molecule has 1 aliphatic heterocycles. The Morgan fingerprint density at radius 1 is 1.25 bits per heavy atom. The summed E-state index contributed by atoms with van der Waals surface area (Å²) >= 11 is 6.42. The standard InChI is InChI=1S/C22H25ClN2O3/c1-2-11-24-16-9-10-18(19(23)14-16)22(28)25-12-5-6-15(13-21(26)27)17-7-3-4-8-20(17)25/h3-4,7-10,14-15,24H,2,5-6,11-13H2,1H3,(H,26,27). The van der Waals surface area contributed by atoms with Crippen LogP contribution in [-0.2, 0) is 4.79 Å². The van der Waals surface area contributed by atoms with Gasteiger partial charge in [0.1, 0.15) is 0 Å². The SMILES string of the molecule is CCCNc1ccc(C(=O)N2CCCC(CC(=O)O)c3ccccc32)c(Cl)c1. The highest BCUT2D eigenvalue weighted by atomic mass is 35.5. The van der Waals surface area contributed by atoms with E-state index in [9.17, 15) is 14.7 Å². The Balaban J connectivity index is 1.91. The van der Waals surface area contributed by atoms with Gasteiger partial charge in [-0.3, -0.25) is 9.59 Å². The maximum Gasteiger partial charge on any atom is 0.303 e. The molecular weight excluding hydrogens is 376 g/mol. The maximum atomic E-state index is 13.3. The van der Waals surface area contributed by atoms with E-state index in [1.165, 1.54) is 0 Å². The molecule has 0 radical (unpaired) electrons. The van der Waals surface area contributed by atoms with Gasteiger partial charge in [-0.2, -0.15) is 0 Å². The summed E-state index contributed by atoms with van der Waals surface area (Å²) in [5.41, 5.74) is 3.03. The third-order valence-electron chi connectivity index (χ3n) is 5.05. The Labute approximate surface area is 170 Å². The molecule has 0 aliphatic carbocycles. The highest BCUT2D eigenvalue weighted by molar-refractivity contribution is 6.34. The molecule has 0 aromatic heterocycles. The minimum atomic E-state index is -0.821. The summed E-state index contributed by atoms with van der Waals surface area (Å²) in [4.78, 5) is 26.3. The summed E-state index contributed by atoms with van der Waals surface area (Å²) in [5.74, 6) is -1.07. The number of carbonyl (C=O) groups is 2. The molecule has 0 saturated heterocycles. The smallest absolute Gasteiger partial charge is 0.303 e. The lowest BCUT2D eigenvalue weighted by atomic mass is 9.91. The average Bonchev–Trinajstić information content (AvgIpc) is 2.85. The summed E-state index contributed by atoms with van der Waals surface area (Å²) in [5, 5.41) is 12.9. The second-order valence-corrected chi connectivity index (χ2v) is 7.48. The summed E-state index contributed by atoms with van der Waals surface area (Å²) in [7, 11) is 0. The Morgan fingerprint density at radius 3 is 2.75 bits per heavy atom. The van der Waals surface area contributed by atoms with E-state index in [4.69, 9.17) is 11.6 Å². The van der Waals surface area contributed by atoms with Crippen molar-refractivity contribution in [2.45, 2.75) is 38.5 Å². The van der Waals surface area contributed by atoms with Crippen molar-refractivity contribution in [3.05, 3.63) is 58.6 Å². The fraction of sp³-hybridized carbons (Fsp3) is 0.364. The second-order valence-electron chi connectivity index (χ2n) is 7.07. The van der Waals surface area contributed by atoms with Crippen LogP contribution in [-0.4, -0.2) is 30.1 Å². The van der Waals surface area contributed by atoms with Crippen molar-refractivity contribution in [1.82, 2.24) is 0 Å². The predicted molar refractivity (Wildman–Crippen MR) is 113 cm³/mol. The lowest BCUT2D eigenvalue weighted by molar-refractivity contribution is -0.137. The number of halogens is 1. The summed E-state index contributed by atoms with van der Waals surface area (Å²) < 4.78 is 0. The molecule has 28 heavy (non-hydrogen) atoms. The third-order valence-corrected chi connectivity index (χ3v) is 5.36. The number of fused-ring (bicyclic) bond motifs is 1. The molecule has 5 nitrogen and oxygen atoms in total. The van der Waals surface area contributed by atoms with Gasteiger partial charge in [-0.25, -0.2) is 0 Å². The number of nitrogens with zero attached hydrogens (tertiary/aromatic N) is 1. The van der Waals surface area contributed by atoms with E-state index in [2.05, 4.69) is 12.2 Å². The monoisotopic (exact) mass is 400 g/mol. The lowest BCUT2D eigenvalue weighted by Crippen LogP contribution is -2.32. The number of carbonyl (C=O) groups excluding carboxylic acids is 1. The van der Waals surface area contributed by atoms with Crippen LogP contribution in [0, 0.1) is 0 Å². The van der Waals surface area contributed by atoms with Crippen LogP contribution in [0.2, 0.25) is 5.02 Å². The molecular formula is C22H25ClN2O3. The molecule has 0 spiro atoms. The van der Waals surface area contributed by atoms with E-state index < -0.39 is 5.97 Å². The molecule has 0 fully saturated rings. The number of amides is 1. The molecule has 0 bridgehead atoms. The number of aliphatic carboxylic acids is 1. The quantitative estimate of drug-likeness (QED) is 0.702. The molecule has 1 amide bonds. The zero-order valence-electron chi connectivity index (χ0n) is 16.0. The minimum Gasteiger partial charge on any atom is -0.481 e. The van der Waals surface area contributed by atoms with Crippen molar-refractivity contribution in [1.29, 1.82) is 0 Å². The molecule has 2 N–H and O–H groups in total. The van der Waals surface area contributed by atoms with E-state index in [1.54, 1.807) is 17.0 Å². The van der Waals surface area contributed by atoms with Gasteiger partial charge in [0.15, 0.2) is 0 Å². The third kappa shape index (κ3) is 4.47. The van der Waals surface area contributed by atoms with Crippen LogP contribution in [0.1, 0.15) is 54.4 Å². The zero-order chi connectivity index (χ0) is 20.1. The maximum absolute atomic E-state index is 13.3. The molecule has 1 aliphatic rings. The van der Waals surface area contributed by atoms with Gasteiger partial charge in [0, 0.05) is 24.5 Å². The van der Waals surface area contributed by atoms with Crippen LogP contribution >= 0.6 is 11.6 Å². The van der Waals surface area contributed by atoms with Gasteiger partial charge in [-0.1, -0.05) is 36.7 Å². The van der Waals surface area contributed by atoms with Crippen LogP contribution in [0.15, 0.2) is 42.5 Å². The second kappa shape index (κ2) is 9.11. The van der Waals surface area contributed by atoms with Crippen molar-refractivity contribution >= 4 is 34.9 Å². The van der Waals surface area contributed by atoms with E-state index in [0.717, 1.165) is 42.7 Å². The van der Waals surface area contributed by atoms with Crippen molar-refractivity contribution < 1.29 is 14.7 Å². The molecule has 0 saturated carbocycles. The number of hydrogen-bond acceptors (Lipinski definition) is 3. The van der Waals surface area contributed by atoms with Crippen LogP contribution in [0.5, 0.6) is 0 Å². The first kappa shape index (κ1) is 20.2. The van der Waals surface area contributed by atoms with E-state index >= 15 is 0 Å². The number of carboxylic acids is 1. The highest BCUT2D eigenvalue weighted by Gasteiger charge is 2.28. The van der Waals surface area contributed by atoms with E-state index in [-0.39, 0.29) is 18.2 Å². The van der Waals surface area contributed by atoms with Gasteiger partial charge in [0.25, 0.3) is 5.91 Å². The van der Waals surface area contributed by atoms with Gasteiger partial charge in [0.05, 0.1) is 17.0 Å². The number of nitrogens with one attached hydrogen (secondary N) is 1. The Morgan fingerprint density at radius 2 is 2.04 bits per heavy atom. The molecule has 3 rings (SSSR count). The zero-order valence-corrected chi connectivity index (χ0v) is 16.7. The first-order chi connectivity index (χ1) is 13.5. The fourth-order valence-electron chi connectivity index (χ4n) is 3.70. The number of hydrogen-bond donors (Lipinski definition) is 2. The number of para-hydroxylation sites is 1. The van der Waals surface area contributed by atoms with Crippen molar-refractivity contribution in [3.63, 3.8) is 0 Å². The number of carboxylic acid groups (broad SMARTS) is 1. The average molecular weight is 401 g/mol. The van der Waals surface area contributed by atoms with Crippen molar-refractivity contribution in [2.75, 3.05) is 23.3 Å². The molecule has 2 aromatic carbocycles. The number of benzene rings is 2. The molecule has 6 heteroatoms. The van der Waals surface area contributed by atoms with Crippen LogP contribution < -0.4 is 10.2 Å². The van der Waals surface area contributed by atoms with Gasteiger partial charge >= 0.3 is 5.97 Å². The Kier molecular flexibility index (Phi) is 6.57. The summed E-state index contributed by atoms with van der Waals surface area (Å²) in [6.07, 6.45) is 2.55. The first-order valence-corrected chi connectivity index (χ1v) is 10.0. The summed E-state index contributed by atoms with van der Waals surface area (Å²) in [6.45, 7) is 3.47. The Hall–Kier alpha value is -2.53. The molecule has 1 atom stereocenters. The fourth-order valence-corrected chi connectivity index (χ4v) is 3.96. The van der Waals surface area contributed by atoms with Gasteiger partial charge < -0.3 is 15.3 Å². The number of anilines is 2. The van der Waals surface area contributed by atoms with Crippen LogP contribution in [0.4, 0.5) is 11.4 Å². The molecule has 2 aromatic rings. The molecule has 1 heterocycles. The minimum absolute atomic E-state index is 0.0671. The van der Waals surface area contributed by atoms with Gasteiger partial charge in [-0.15, -0.1) is 0 Å². The number of rotatable bonds is 6. The lowest BCUT2D eigenvalue weighted by Gasteiger charge is -2.24. The first-order valence-electron chi connectivity index (χ1n) is 9.67. The van der Waals surface area contributed by atoms with Gasteiger partial charge in [-0.05, 0) is 55.0 Å². The van der Waals surface area contributed by atoms with Crippen LogP contribution in [0.25, 0.3) is 0 Å².